The fourth-order valence-corrected chi connectivity index (χ4v) is 2.13. The van der Waals surface area contributed by atoms with Gasteiger partial charge in [-0.05, 0) is 46.1 Å². The Kier molecular flexibility index (Phi) is 3.66. The Labute approximate surface area is 86.7 Å². The molecule has 0 aromatic heterocycles. The topological polar surface area (TPSA) is 23.5 Å². The summed E-state index contributed by atoms with van der Waals surface area (Å²) in [5.74, 6) is 0.399. The monoisotopic (exact) mass is 203 g/mol. The number of piperidine rings is 1. The minimum absolute atomic E-state index is 0.310. The molecule has 0 bridgehead atoms. The molecule has 1 rings (SSSR count). The number of hydrogen-bond acceptors (Lipinski definition) is 3. The predicted octanol–water partition coefficient (Wildman–Crippen LogP) is 1.75. The van der Waals surface area contributed by atoms with Crippen LogP contribution in [0.15, 0.2) is 0 Å². The van der Waals surface area contributed by atoms with Crippen molar-refractivity contribution in [1.29, 1.82) is 0 Å². The number of rotatable bonds is 2. The maximum atomic E-state index is 9.89. The lowest BCUT2D eigenvalue weighted by atomic mass is 9.84. The lowest BCUT2D eigenvalue weighted by Crippen LogP contribution is -2.46. The molecule has 13 heavy (non-hydrogen) atoms. The minimum Gasteiger partial charge on any atom is -0.390 e. The number of likely N-dealkylation sites (tertiary alicyclic amines) is 1. The summed E-state index contributed by atoms with van der Waals surface area (Å²) < 4.78 is 0. The second kappa shape index (κ2) is 4.20. The van der Waals surface area contributed by atoms with E-state index in [2.05, 4.69) is 24.5 Å². The Bertz CT molecular complexity index is 165. The standard InChI is InChI=1S/C10H21NOS/c1-8(13)11-6-4-5-9(7-11)10(2,3)12/h8-9,12-13H,4-7H2,1-3H3/t8?,9-/m0/s1. The molecular weight excluding hydrogens is 182 g/mol. The largest absolute Gasteiger partial charge is 0.390 e. The summed E-state index contributed by atoms with van der Waals surface area (Å²) in [5, 5.41) is 10.2. The van der Waals surface area contributed by atoms with Gasteiger partial charge in [0.2, 0.25) is 0 Å². The van der Waals surface area contributed by atoms with E-state index in [4.69, 9.17) is 0 Å². The van der Waals surface area contributed by atoms with Gasteiger partial charge in [-0.2, -0.15) is 12.6 Å². The summed E-state index contributed by atoms with van der Waals surface area (Å²) in [4.78, 5) is 2.33. The van der Waals surface area contributed by atoms with Crippen LogP contribution in [0, 0.1) is 5.92 Å². The molecule has 1 aliphatic heterocycles. The second-order valence-corrected chi connectivity index (χ2v) is 5.37. The number of thiol groups is 1. The third kappa shape index (κ3) is 3.15. The Morgan fingerprint density at radius 2 is 2.15 bits per heavy atom. The van der Waals surface area contributed by atoms with E-state index >= 15 is 0 Å². The van der Waals surface area contributed by atoms with Gasteiger partial charge in [0.15, 0.2) is 0 Å². The third-order valence-electron chi connectivity index (χ3n) is 2.98. The van der Waals surface area contributed by atoms with E-state index in [1.165, 1.54) is 6.42 Å². The van der Waals surface area contributed by atoms with E-state index < -0.39 is 5.60 Å². The molecule has 3 heteroatoms. The van der Waals surface area contributed by atoms with Crippen molar-refractivity contribution in [3.8, 4) is 0 Å². The molecular formula is C10H21NOS. The second-order valence-electron chi connectivity index (χ2n) is 4.62. The molecule has 1 fully saturated rings. The van der Waals surface area contributed by atoms with Gasteiger partial charge in [0, 0.05) is 11.9 Å². The fraction of sp³-hybridized carbons (Fsp3) is 1.00. The molecule has 0 radical (unpaired) electrons. The van der Waals surface area contributed by atoms with Crippen molar-refractivity contribution in [3.05, 3.63) is 0 Å². The van der Waals surface area contributed by atoms with Crippen LogP contribution in [0.25, 0.3) is 0 Å². The lowest BCUT2D eigenvalue weighted by molar-refractivity contribution is -0.0191. The van der Waals surface area contributed by atoms with Crippen LogP contribution in [0.4, 0.5) is 0 Å². The molecule has 1 aliphatic rings. The quantitative estimate of drug-likeness (QED) is 0.668. The molecule has 0 amide bonds. The molecule has 0 aliphatic carbocycles. The van der Waals surface area contributed by atoms with Crippen molar-refractivity contribution in [2.24, 2.45) is 5.92 Å². The van der Waals surface area contributed by atoms with Crippen LogP contribution in [-0.4, -0.2) is 34.1 Å². The minimum atomic E-state index is -0.540. The summed E-state index contributed by atoms with van der Waals surface area (Å²) in [6.07, 6.45) is 2.32. The maximum absolute atomic E-state index is 9.89. The molecule has 0 saturated carbocycles. The highest BCUT2D eigenvalue weighted by Gasteiger charge is 2.31. The van der Waals surface area contributed by atoms with Gasteiger partial charge in [-0.3, -0.25) is 4.90 Å². The van der Waals surface area contributed by atoms with E-state index in [-0.39, 0.29) is 0 Å². The van der Waals surface area contributed by atoms with Crippen molar-refractivity contribution in [2.45, 2.75) is 44.6 Å². The zero-order valence-electron chi connectivity index (χ0n) is 8.82. The Morgan fingerprint density at radius 3 is 2.62 bits per heavy atom. The molecule has 78 valence electrons. The van der Waals surface area contributed by atoms with Crippen LogP contribution in [0.1, 0.15) is 33.6 Å². The van der Waals surface area contributed by atoms with E-state index in [1.807, 2.05) is 13.8 Å². The van der Waals surface area contributed by atoms with E-state index in [9.17, 15) is 5.11 Å². The molecule has 0 aromatic rings. The first kappa shape index (κ1) is 11.3. The molecule has 2 atom stereocenters. The van der Waals surface area contributed by atoms with Crippen LogP contribution >= 0.6 is 12.6 Å². The van der Waals surface area contributed by atoms with E-state index in [0.29, 0.717) is 11.3 Å². The summed E-state index contributed by atoms with van der Waals surface area (Å²) in [6, 6.07) is 0. The van der Waals surface area contributed by atoms with Crippen LogP contribution in [0.3, 0.4) is 0 Å². The first-order valence-corrected chi connectivity index (χ1v) is 5.57. The molecule has 1 saturated heterocycles. The van der Waals surface area contributed by atoms with Crippen molar-refractivity contribution in [2.75, 3.05) is 13.1 Å². The zero-order chi connectivity index (χ0) is 10.1. The average Bonchev–Trinajstić information content (AvgIpc) is 2.03. The predicted molar refractivity (Wildman–Crippen MR) is 59.0 cm³/mol. The first-order valence-electron chi connectivity index (χ1n) is 5.05. The van der Waals surface area contributed by atoms with Gasteiger partial charge in [-0.15, -0.1) is 0 Å². The maximum Gasteiger partial charge on any atom is 0.0632 e. The normalized spacial score (nSPS) is 28.8. The van der Waals surface area contributed by atoms with E-state index in [0.717, 1.165) is 19.5 Å². The van der Waals surface area contributed by atoms with Crippen molar-refractivity contribution in [3.63, 3.8) is 0 Å². The average molecular weight is 203 g/mol. The van der Waals surface area contributed by atoms with Gasteiger partial charge < -0.3 is 5.11 Å². The molecule has 0 spiro atoms. The molecule has 1 N–H and O–H groups in total. The van der Waals surface area contributed by atoms with Crippen LogP contribution < -0.4 is 0 Å². The summed E-state index contributed by atoms with van der Waals surface area (Å²) >= 11 is 4.42. The Hall–Kier alpha value is 0.270. The van der Waals surface area contributed by atoms with Gasteiger partial charge in [0.05, 0.1) is 5.60 Å². The summed E-state index contributed by atoms with van der Waals surface area (Å²) in [6.45, 7) is 8.01. The van der Waals surface area contributed by atoms with Gasteiger partial charge in [-0.1, -0.05) is 0 Å². The van der Waals surface area contributed by atoms with Gasteiger partial charge >= 0.3 is 0 Å². The highest BCUT2D eigenvalue weighted by molar-refractivity contribution is 7.80. The summed E-state index contributed by atoms with van der Waals surface area (Å²) in [5.41, 5.74) is -0.540. The van der Waals surface area contributed by atoms with Gasteiger partial charge in [0.25, 0.3) is 0 Å². The number of aliphatic hydroxyl groups is 1. The van der Waals surface area contributed by atoms with Crippen LogP contribution in [-0.2, 0) is 0 Å². The number of hydrogen-bond donors (Lipinski definition) is 2. The zero-order valence-corrected chi connectivity index (χ0v) is 9.72. The van der Waals surface area contributed by atoms with Crippen molar-refractivity contribution in [1.82, 2.24) is 4.90 Å². The van der Waals surface area contributed by atoms with E-state index in [1.54, 1.807) is 0 Å². The lowest BCUT2D eigenvalue weighted by Gasteiger charge is -2.40. The van der Waals surface area contributed by atoms with Gasteiger partial charge in [-0.25, -0.2) is 0 Å². The molecule has 0 aromatic carbocycles. The Morgan fingerprint density at radius 1 is 1.54 bits per heavy atom. The van der Waals surface area contributed by atoms with Crippen molar-refractivity contribution < 1.29 is 5.11 Å². The molecule has 1 unspecified atom stereocenters. The highest BCUT2D eigenvalue weighted by atomic mass is 32.1. The van der Waals surface area contributed by atoms with Crippen LogP contribution in [0.2, 0.25) is 0 Å². The third-order valence-corrected chi connectivity index (χ3v) is 3.31. The molecule has 1 heterocycles. The number of nitrogens with zero attached hydrogens (tertiary/aromatic N) is 1. The fourth-order valence-electron chi connectivity index (χ4n) is 1.92. The smallest absolute Gasteiger partial charge is 0.0632 e. The SMILES string of the molecule is CC(S)N1CCC[C@H](C(C)(C)O)C1. The van der Waals surface area contributed by atoms with Crippen LogP contribution in [0.5, 0.6) is 0 Å². The highest BCUT2D eigenvalue weighted by Crippen LogP contribution is 2.28. The summed E-state index contributed by atoms with van der Waals surface area (Å²) in [7, 11) is 0. The first-order chi connectivity index (χ1) is 5.91. The molecule has 2 nitrogen and oxygen atoms in total. The Balaban J connectivity index is 2.52. The van der Waals surface area contributed by atoms with Crippen molar-refractivity contribution >= 4 is 12.6 Å². The van der Waals surface area contributed by atoms with Gasteiger partial charge in [0.1, 0.15) is 0 Å².